The number of hydrogen-bond acceptors (Lipinski definition) is 6. The van der Waals surface area contributed by atoms with Gasteiger partial charge >= 0.3 is 0 Å². The molecule has 2 heterocycles. The fourth-order valence-electron chi connectivity index (χ4n) is 1.75. The number of nitrogens with one attached hydrogen (secondary N) is 1. The Labute approximate surface area is 121 Å². The van der Waals surface area contributed by atoms with Crippen molar-refractivity contribution in [2.24, 2.45) is 0 Å². The Balaban J connectivity index is 2.11. The third-order valence-corrected chi connectivity index (χ3v) is 4.67. The highest BCUT2D eigenvalue weighted by molar-refractivity contribution is 7.12. The predicted octanol–water partition coefficient (Wildman–Crippen LogP) is 2.75. The molecule has 2 aromatic heterocycles. The van der Waals surface area contributed by atoms with Crippen molar-refractivity contribution in [1.29, 1.82) is 0 Å². The van der Waals surface area contributed by atoms with Crippen molar-refractivity contribution in [3.05, 3.63) is 31.7 Å². The molecule has 0 amide bonds. The van der Waals surface area contributed by atoms with Gasteiger partial charge in [-0.1, -0.05) is 6.92 Å². The zero-order valence-electron chi connectivity index (χ0n) is 11.5. The lowest BCUT2D eigenvalue weighted by atomic mass is 10.3. The molecular weight excluding hydrogens is 278 g/mol. The lowest BCUT2D eigenvalue weighted by Crippen LogP contribution is -2.12. The van der Waals surface area contributed by atoms with Crippen LogP contribution in [0.5, 0.6) is 0 Å². The molecule has 2 aromatic rings. The first kappa shape index (κ1) is 14.6. The number of nitrogens with zero attached hydrogens (tertiary/aromatic N) is 2. The number of hydrogen-bond donors (Lipinski definition) is 1. The van der Waals surface area contributed by atoms with E-state index in [1.54, 1.807) is 29.8 Å². The first-order valence-corrected chi connectivity index (χ1v) is 8.00. The quantitative estimate of drug-likeness (QED) is 0.853. The molecule has 2 rings (SSSR count). The second-order valence-electron chi connectivity index (χ2n) is 4.25. The Morgan fingerprint density at radius 1 is 1.32 bits per heavy atom. The number of aromatic nitrogens is 2. The minimum atomic E-state index is 0.578. The van der Waals surface area contributed by atoms with Gasteiger partial charge in [-0.15, -0.1) is 22.7 Å². The fraction of sp³-hybridized carbons (Fsp3) is 0.538. The Hall–Kier alpha value is -0.820. The summed E-state index contributed by atoms with van der Waals surface area (Å²) in [6.07, 6.45) is 0.825. The third kappa shape index (κ3) is 4.07. The van der Waals surface area contributed by atoms with Crippen LogP contribution < -0.4 is 5.32 Å². The van der Waals surface area contributed by atoms with E-state index in [1.807, 2.05) is 6.92 Å². The first-order chi connectivity index (χ1) is 9.22. The van der Waals surface area contributed by atoms with Gasteiger partial charge in [0.05, 0.1) is 23.7 Å². The number of rotatable bonds is 7. The summed E-state index contributed by atoms with van der Waals surface area (Å²) in [6.45, 7) is 6.54. The van der Waals surface area contributed by atoms with Crippen LogP contribution >= 0.6 is 22.7 Å². The summed E-state index contributed by atoms with van der Waals surface area (Å²) in [5, 5.41) is 7.68. The zero-order valence-corrected chi connectivity index (χ0v) is 13.2. The van der Waals surface area contributed by atoms with Crippen LogP contribution in [0.1, 0.15) is 33.2 Å². The number of methoxy groups -OCH3 is 1. The molecule has 6 heteroatoms. The third-order valence-electron chi connectivity index (χ3n) is 2.61. The summed E-state index contributed by atoms with van der Waals surface area (Å²) in [5.41, 5.74) is 2.14. The molecule has 104 valence electrons. The molecule has 0 radical (unpaired) electrons. The highest BCUT2D eigenvalue weighted by Crippen LogP contribution is 2.23. The van der Waals surface area contributed by atoms with Gasteiger partial charge < -0.3 is 10.1 Å². The molecule has 0 aliphatic heterocycles. The van der Waals surface area contributed by atoms with Gasteiger partial charge in [-0.2, -0.15) is 0 Å². The molecule has 0 aromatic carbocycles. The van der Waals surface area contributed by atoms with Crippen molar-refractivity contribution in [2.45, 2.75) is 33.4 Å². The van der Waals surface area contributed by atoms with Gasteiger partial charge in [0.15, 0.2) is 0 Å². The lowest BCUT2D eigenvalue weighted by molar-refractivity contribution is 0.181. The Kier molecular flexibility index (Phi) is 5.45. The Bertz CT molecular complexity index is 522. The molecule has 0 aliphatic rings. The summed E-state index contributed by atoms with van der Waals surface area (Å²) in [5.74, 6) is 0. The summed E-state index contributed by atoms with van der Waals surface area (Å²) in [7, 11) is 1.71. The molecule has 1 N–H and O–H groups in total. The van der Waals surface area contributed by atoms with Crippen molar-refractivity contribution >= 4 is 22.7 Å². The van der Waals surface area contributed by atoms with Crippen LogP contribution in [-0.2, 0) is 24.3 Å². The van der Waals surface area contributed by atoms with Gasteiger partial charge in [-0.05, 0) is 13.5 Å². The predicted molar refractivity (Wildman–Crippen MR) is 79.9 cm³/mol. The minimum absolute atomic E-state index is 0.578. The molecule has 0 bridgehead atoms. The van der Waals surface area contributed by atoms with Gasteiger partial charge in [0, 0.05) is 29.6 Å². The standard InChI is InChI=1S/C13H19N3OS2/c1-4-14-6-11-10(7-17-3)16-13(19-11)5-12-15-9(2)8-18-12/h8,14H,4-7H2,1-3H3. The number of ether oxygens (including phenoxy) is 1. The van der Waals surface area contributed by atoms with Crippen molar-refractivity contribution < 1.29 is 4.74 Å². The normalized spacial score (nSPS) is 11.1. The van der Waals surface area contributed by atoms with Gasteiger partial charge in [0.2, 0.25) is 0 Å². The monoisotopic (exact) mass is 297 g/mol. The smallest absolute Gasteiger partial charge is 0.100 e. The van der Waals surface area contributed by atoms with E-state index >= 15 is 0 Å². The fourth-order valence-corrected chi connectivity index (χ4v) is 3.66. The van der Waals surface area contributed by atoms with Gasteiger partial charge in [-0.3, -0.25) is 0 Å². The Morgan fingerprint density at radius 3 is 2.79 bits per heavy atom. The highest BCUT2D eigenvalue weighted by Gasteiger charge is 2.12. The molecule has 0 fully saturated rings. The lowest BCUT2D eigenvalue weighted by Gasteiger charge is -2.00. The molecule has 0 saturated carbocycles. The molecule has 0 unspecified atom stereocenters. The molecular formula is C13H19N3OS2. The second kappa shape index (κ2) is 7.09. The largest absolute Gasteiger partial charge is 0.378 e. The SMILES string of the molecule is CCNCc1sc(Cc2nc(C)cs2)nc1COC. The minimum Gasteiger partial charge on any atom is -0.378 e. The van der Waals surface area contributed by atoms with E-state index in [4.69, 9.17) is 4.74 Å². The van der Waals surface area contributed by atoms with Crippen molar-refractivity contribution in [1.82, 2.24) is 15.3 Å². The van der Waals surface area contributed by atoms with Crippen LogP contribution in [0, 0.1) is 6.92 Å². The van der Waals surface area contributed by atoms with Crippen LogP contribution in [0.3, 0.4) is 0 Å². The number of aryl methyl sites for hydroxylation is 1. The van der Waals surface area contributed by atoms with Crippen molar-refractivity contribution in [3.8, 4) is 0 Å². The van der Waals surface area contributed by atoms with E-state index in [9.17, 15) is 0 Å². The van der Waals surface area contributed by atoms with E-state index in [1.165, 1.54) is 4.88 Å². The van der Waals surface area contributed by atoms with E-state index in [0.29, 0.717) is 6.61 Å². The molecule has 19 heavy (non-hydrogen) atoms. The van der Waals surface area contributed by atoms with E-state index in [0.717, 1.165) is 40.9 Å². The second-order valence-corrected chi connectivity index (χ2v) is 6.36. The first-order valence-electron chi connectivity index (χ1n) is 6.31. The molecule has 0 aliphatic carbocycles. The average Bonchev–Trinajstić information content (AvgIpc) is 2.95. The van der Waals surface area contributed by atoms with Crippen LogP contribution in [0.15, 0.2) is 5.38 Å². The summed E-state index contributed by atoms with van der Waals surface area (Å²) in [4.78, 5) is 10.4. The summed E-state index contributed by atoms with van der Waals surface area (Å²) >= 11 is 3.46. The van der Waals surface area contributed by atoms with Gasteiger partial charge in [0.25, 0.3) is 0 Å². The molecule has 0 saturated heterocycles. The maximum Gasteiger partial charge on any atom is 0.100 e. The van der Waals surface area contributed by atoms with E-state index in [-0.39, 0.29) is 0 Å². The van der Waals surface area contributed by atoms with Crippen molar-refractivity contribution in [2.75, 3.05) is 13.7 Å². The van der Waals surface area contributed by atoms with Crippen LogP contribution in [0.25, 0.3) is 0 Å². The molecule has 0 spiro atoms. The average molecular weight is 297 g/mol. The van der Waals surface area contributed by atoms with Crippen LogP contribution in [0.4, 0.5) is 0 Å². The molecule has 0 atom stereocenters. The van der Waals surface area contributed by atoms with E-state index < -0.39 is 0 Å². The summed E-state index contributed by atoms with van der Waals surface area (Å²) < 4.78 is 5.22. The van der Waals surface area contributed by atoms with Crippen molar-refractivity contribution in [3.63, 3.8) is 0 Å². The van der Waals surface area contributed by atoms with Crippen LogP contribution in [-0.4, -0.2) is 23.6 Å². The Morgan fingerprint density at radius 2 is 2.16 bits per heavy atom. The topological polar surface area (TPSA) is 47.0 Å². The maximum absolute atomic E-state index is 5.22. The van der Waals surface area contributed by atoms with Crippen LogP contribution in [0.2, 0.25) is 0 Å². The zero-order chi connectivity index (χ0) is 13.7. The number of thiazole rings is 2. The highest BCUT2D eigenvalue weighted by atomic mass is 32.1. The van der Waals surface area contributed by atoms with E-state index in [2.05, 4.69) is 27.6 Å². The van der Waals surface area contributed by atoms with Gasteiger partial charge in [0.1, 0.15) is 5.01 Å². The maximum atomic E-state index is 5.22. The molecule has 4 nitrogen and oxygen atoms in total. The summed E-state index contributed by atoms with van der Waals surface area (Å²) in [6, 6.07) is 0. The van der Waals surface area contributed by atoms with Gasteiger partial charge in [-0.25, -0.2) is 9.97 Å².